The van der Waals surface area contributed by atoms with Gasteiger partial charge in [0.15, 0.2) is 0 Å². The van der Waals surface area contributed by atoms with Crippen molar-refractivity contribution in [1.29, 1.82) is 0 Å². The predicted octanol–water partition coefficient (Wildman–Crippen LogP) is 2.00. The first kappa shape index (κ1) is 14.1. The van der Waals surface area contributed by atoms with Crippen LogP contribution in [0, 0.1) is 0 Å². The first-order valence-corrected chi connectivity index (χ1v) is 7.85. The second kappa shape index (κ2) is 5.87. The van der Waals surface area contributed by atoms with Crippen molar-refractivity contribution in [3.05, 3.63) is 35.0 Å². The minimum absolute atomic E-state index is 0.0410. The molecule has 2 aromatic rings. The lowest BCUT2D eigenvalue weighted by atomic mass is 10.1. The van der Waals surface area contributed by atoms with E-state index in [1.165, 1.54) is 0 Å². The number of urea groups is 1. The molecule has 0 aromatic carbocycles. The van der Waals surface area contributed by atoms with Crippen molar-refractivity contribution >= 4 is 23.1 Å². The van der Waals surface area contributed by atoms with Gasteiger partial charge in [-0.15, -0.1) is 0 Å². The Morgan fingerprint density at radius 2 is 2.29 bits per heavy atom. The molecule has 7 heteroatoms. The number of imidazole rings is 1. The summed E-state index contributed by atoms with van der Waals surface area (Å²) in [6, 6.07) is 2.00. The summed E-state index contributed by atoms with van der Waals surface area (Å²) in [6.45, 7) is 2.22. The Kier molecular flexibility index (Phi) is 3.94. The van der Waals surface area contributed by atoms with Crippen LogP contribution in [0.2, 0.25) is 0 Å². The molecule has 0 bridgehead atoms. The number of aromatic nitrogens is 2. The normalized spacial score (nSPS) is 19.7. The van der Waals surface area contributed by atoms with E-state index >= 15 is 0 Å². The Bertz CT molecular complexity index is 609. The molecule has 0 radical (unpaired) electrons. The number of rotatable bonds is 2. The van der Waals surface area contributed by atoms with Crippen molar-refractivity contribution in [1.82, 2.24) is 19.4 Å². The minimum Gasteiger partial charge on any atom is -0.337 e. The van der Waals surface area contributed by atoms with Gasteiger partial charge in [-0.1, -0.05) is 0 Å². The first-order chi connectivity index (χ1) is 10.1. The molecule has 2 amide bonds. The van der Waals surface area contributed by atoms with Crippen LogP contribution in [0.1, 0.15) is 11.9 Å². The van der Waals surface area contributed by atoms with E-state index < -0.39 is 0 Å². The largest absolute Gasteiger partial charge is 0.337 e. The molecular formula is C14H19N5OS. The quantitative estimate of drug-likeness (QED) is 0.923. The molecule has 0 saturated carbocycles. The topological polar surface area (TPSA) is 53.4 Å². The molecule has 1 aliphatic heterocycles. The Hall–Kier alpha value is -1.86. The van der Waals surface area contributed by atoms with Gasteiger partial charge in [-0.05, 0) is 18.5 Å². The fraction of sp³-hybridized carbons (Fsp3) is 0.429. The number of thiophene rings is 1. The van der Waals surface area contributed by atoms with Crippen molar-refractivity contribution in [2.45, 2.75) is 6.04 Å². The monoisotopic (exact) mass is 305 g/mol. The molecule has 21 heavy (non-hydrogen) atoms. The van der Waals surface area contributed by atoms with Crippen molar-refractivity contribution in [3.63, 3.8) is 0 Å². The van der Waals surface area contributed by atoms with E-state index in [-0.39, 0.29) is 12.1 Å². The molecule has 3 rings (SSSR count). The van der Waals surface area contributed by atoms with Gasteiger partial charge in [0, 0.05) is 44.5 Å². The summed E-state index contributed by atoms with van der Waals surface area (Å²) in [6.07, 6.45) is 3.74. The maximum absolute atomic E-state index is 12.3. The molecule has 1 saturated heterocycles. The van der Waals surface area contributed by atoms with Crippen LogP contribution in [0.15, 0.2) is 29.2 Å². The maximum Gasteiger partial charge on any atom is 0.321 e. The lowest BCUT2D eigenvalue weighted by Gasteiger charge is -2.38. The number of carbonyl (C=O) groups excluding carboxylic acids is 1. The molecule has 1 N–H and O–H groups in total. The summed E-state index contributed by atoms with van der Waals surface area (Å²) in [5.74, 6) is 0.991. The van der Waals surface area contributed by atoms with Crippen LogP contribution in [0.4, 0.5) is 10.5 Å². The van der Waals surface area contributed by atoms with E-state index in [0.717, 1.165) is 24.6 Å². The predicted molar refractivity (Wildman–Crippen MR) is 83.5 cm³/mol. The van der Waals surface area contributed by atoms with Gasteiger partial charge in [-0.2, -0.15) is 11.3 Å². The SMILES string of the molecule is CN1CCN(C(=O)Nc2ccsc2)C[C@@H]1c1nccn1C. The minimum atomic E-state index is -0.0410. The zero-order valence-electron chi connectivity index (χ0n) is 12.2. The summed E-state index contributed by atoms with van der Waals surface area (Å²) >= 11 is 1.57. The summed E-state index contributed by atoms with van der Waals surface area (Å²) in [5, 5.41) is 6.83. The molecule has 0 aliphatic carbocycles. The van der Waals surface area contributed by atoms with Crippen LogP contribution in [-0.4, -0.2) is 52.1 Å². The Morgan fingerprint density at radius 3 is 2.95 bits per heavy atom. The highest BCUT2D eigenvalue weighted by Gasteiger charge is 2.30. The van der Waals surface area contributed by atoms with Gasteiger partial charge in [0.2, 0.25) is 0 Å². The Balaban J connectivity index is 1.70. The van der Waals surface area contributed by atoms with E-state index in [9.17, 15) is 4.79 Å². The molecule has 112 valence electrons. The second-order valence-electron chi connectivity index (χ2n) is 5.28. The van der Waals surface area contributed by atoms with E-state index in [1.807, 2.05) is 39.5 Å². The van der Waals surface area contributed by atoms with Crippen molar-refractivity contribution in [2.75, 3.05) is 32.0 Å². The molecule has 1 atom stereocenters. The third-order valence-electron chi connectivity index (χ3n) is 3.86. The number of carbonyl (C=O) groups is 1. The van der Waals surface area contributed by atoms with Crippen molar-refractivity contribution < 1.29 is 4.79 Å². The van der Waals surface area contributed by atoms with Gasteiger partial charge in [-0.3, -0.25) is 4.90 Å². The van der Waals surface area contributed by atoms with Crippen molar-refractivity contribution in [2.24, 2.45) is 7.05 Å². The average Bonchev–Trinajstić information content (AvgIpc) is 3.11. The third-order valence-corrected chi connectivity index (χ3v) is 4.55. The summed E-state index contributed by atoms with van der Waals surface area (Å²) < 4.78 is 2.02. The van der Waals surface area contributed by atoms with Gasteiger partial charge < -0.3 is 14.8 Å². The van der Waals surface area contributed by atoms with Crippen LogP contribution in [-0.2, 0) is 7.05 Å². The van der Waals surface area contributed by atoms with Gasteiger partial charge >= 0.3 is 6.03 Å². The summed E-state index contributed by atoms with van der Waals surface area (Å²) in [4.78, 5) is 20.9. The van der Waals surface area contributed by atoms with Crippen LogP contribution in [0.5, 0.6) is 0 Å². The standard InChI is InChI=1S/C14H19N5OS/c1-17-6-7-19(14(20)16-11-3-8-21-10-11)9-12(17)13-15-4-5-18(13)2/h3-5,8,10,12H,6-7,9H2,1-2H3,(H,16,20)/t12-/m1/s1. The summed E-state index contributed by atoms with van der Waals surface area (Å²) in [7, 11) is 4.06. The molecule has 0 unspecified atom stereocenters. The van der Waals surface area contributed by atoms with Gasteiger partial charge in [0.1, 0.15) is 5.82 Å². The van der Waals surface area contributed by atoms with Crippen LogP contribution < -0.4 is 5.32 Å². The molecule has 6 nitrogen and oxygen atoms in total. The number of nitrogens with zero attached hydrogens (tertiary/aromatic N) is 4. The highest BCUT2D eigenvalue weighted by atomic mass is 32.1. The molecule has 2 aromatic heterocycles. The molecular weight excluding hydrogens is 286 g/mol. The number of nitrogens with one attached hydrogen (secondary N) is 1. The van der Waals surface area contributed by atoms with Gasteiger partial charge in [-0.25, -0.2) is 9.78 Å². The fourth-order valence-electron chi connectivity index (χ4n) is 2.57. The number of likely N-dealkylation sites (N-methyl/N-ethyl adjacent to an activating group) is 1. The van der Waals surface area contributed by atoms with Crippen LogP contribution >= 0.6 is 11.3 Å². The van der Waals surface area contributed by atoms with Gasteiger partial charge in [0.05, 0.1) is 11.7 Å². The Morgan fingerprint density at radius 1 is 1.43 bits per heavy atom. The zero-order valence-corrected chi connectivity index (χ0v) is 13.0. The number of aryl methyl sites for hydroxylation is 1. The lowest BCUT2D eigenvalue weighted by molar-refractivity contribution is 0.110. The first-order valence-electron chi connectivity index (χ1n) is 6.90. The van der Waals surface area contributed by atoms with Crippen LogP contribution in [0.25, 0.3) is 0 Å². The second-order valence-corrected chi connectivity index (χ2v) is 6.06. The number of amides is 2. The number of anilines is 1. The maximum atomic E-state index is 12.3. The lowest BCUT2D eigenvalue weighted by Crippen LogP contribution is -2.50. The molecule has 1 aliphatic rings. The molecule has 1 fully saturated rings. The van der Waals surface area contributed by atoms with Crippen LogP contribution in [0.3, 0.4) is 0 Å². The highest BCUT2D eigenvalue weighted by molar-refractivity contribution is 7.08. The number of hydrogen-bond donors (Lipinski definition) is 1. The van der Waals surface area contributed by atoms with Gasteiger partial charge in [0.25, 0.3) is 0 Å². The van der Waals surface area contributed by atoms with E-state index in [2.05, 4.69) is 22.2 Å². The average molecular weight is 305 g/mol. The smallest absolute Gasteiger partial charge is 0.321 e. The number of hydrogen-bond acceptors (Lipinski definition) is 4. The molecule has 3 heterocycles. The van der Waals surface area contributed by atoms with E-state index in [0.29, 0.717) is 6.54 Å². The van der Waals surface area contributed by atoms with E-state index in [1.54, 1.807) is 17.5 Å². The number of piperazine rings is 1. The third kappa shape index (κ3) is 2.93. The highest BCUT2D eigenvalue weighted by Crippen LogP contribution is 2.23. The van der Waals surface area contributed by atoms with E-state index in [4.69, 9.17) is 0 Å². The molecule has 0 spiro atoms. The zero-order chi connectivity index (χ0) is 14.8. The summed E-state index contributed by atoms with van der Waals surface area (Å²) in [5.41, 5.74) is 0.859. The van der Waals surface area contributed by atoms with Crippen molar-refractivity contribution in [3.8, 4) is 0 Å². The Labute approximate surface area is 128 Å². The fourth-order valence-corrected chi connectivity index (χ4v) is 3.16.